The number of likely N-dealkylation sites (tertiary alicyclic amines) is 1. The second-order valence-corrected chi connectivity index (χ2v) is 5.32. The van der Waals surface area contributed by atoms with Gasteiger partial charge < -0.3 is 5.73 Å². The second kappa shape index (κ2) is 6.65. The van der Waals surface area contributed by atoms with Gasteiger partial charge in [0.2, 0.25) is 0 Å². The van der Waals surface area contributed by atoms with Gasteiger partial charge in [-0.3, -0.25) is 4.90 Å². The van der Waals surface area contributed by atoms with Crippen molar-refractivity contribution in [2.45, 2.75) is 38.8 Å². The Hall–Kier alpha value is -1.44. The smallest absolute Gasteiger partial charge is 0.140 e. The van der Waals surface area contributed by atoms with Crippen LogP contribution in [0.25, 0.3) is 0 Å². The maximum Gasteiger partial charge on any atom is 0.140 e. The molecule has 0 saturated carbocycles. The van der Waals surface area contributed by atoms with E-state index in [9.17, 15) is 0 Å². The van der Waals surface area contributed by atoms with Crippen LogP contribution in [0.2, 0.25) is 0 Å². The van der Waals surface area contributed by atoms with Crippen LogP contribution in [0.15, 0.2) is 18.3 Å². The van der Waals surface area contributed by atoms with Gasteiger partial charge >= 0.3 is 0 Å². The third-order valence-electron chi connectivity index (χ3n) is 4.12. The van der Waals surface area contributed by atoms with Crippen LogP contribution in [0.5, 0.6) is 0 Å². The van der Waals surface area contributed by atoms with Crippen molar-refractivity contribution >= 4 is 0 Å². The molecule has 2 heterocycles. The predicted molar refractivity (Wildman–Crippen MR) is 75.2 cm³/mol. The Morgan fingerprint density at radius 1 is 1.58 bits per heavy atom. The van der Waals surface area contributed by atoms with Gasteiger partial charge in [0.1, 0.15) is 11.8 Å². The predicted octanol–water partition coefficient (Wildman–Crippen LogP) is 1.90. The average Bonchev–Trinajstić information content (AvgIpc) is 2.48. The number of piperidine rings is 1. The molecule has 0 radical (unpaired) electrons. The molecule has 0 amide bonds. The Morgan fingerprint density at radius 3 is 3.11 bits per heavy atom. The fraction of sp³-hybridized carbons (Fsp3) is 0.600. The first-order chi connectivity index (χ1) is 9.26. The summed E-state index contributed by atoms with van der Waals surface area (Å²) in [4.78, 5) is 6.46. The lowest BCUT2D eigenvalue weighted by molar-refractivity contribution is 0.107. The van der Waals surface area contributed by atoms with Crippen LogP contribution in [0.4, 0.5) is 0 Å². The summed E-state index contributed by atoms with van der Waals surface area (Å²) >= 11 is 0. The Labute approximate surface area is 115 Å². The molecule has 0 aromatic carbocycles. The fourth-order valence-corrected chi connectivity index (χ4v) is 2.88. The molecule has 0 aliphatic carbocycles. The number of aromatic nitrogens is 1. The second-order valence-electron chi connectivity index (χ2n) is 5.32. The van der Waals surface area contributed by atoms with Gasteiger partial charge in [-0.1, -0.05) is 13.3 Å². The van der Waals surface area contributed by atoms with Crippen molar-refractivity contribution in [3.8, 4) is 6.07 Å². The molecule has 4 nitrogen and oxygen atoms in total. The summed E-state index contributed by atoms with van der Waals surface area (Å²) in [5.74, 6) is 0.817. The molecule has 1 aliphatic heterocycles. The Morgan fingerprint density at radius 2 is 2.42 bits per heavy atom. The first-order valence-corrected chi connectivity index (χ1v) is 7.06. The van der Waals surface area contributed by atoms with Crippen molar-refractivity contribution in [2.24, 2.45) is 11.7 Å². The van der Waals surface area contributed by atoms with E-state index in [0.29, 0.717) is 18.3 Å². The number of nitrogens with two attached hydrogens (primary N) is 1. The zero-order valence-corrected chi connectivity index (χ0v) is 11.5. The third kappa shape index (κ3) is 3.52. The fourth-order valence-electron chi connectivity index (χ4n) is 2.88. The van der Waals surface area contributed by atoms with Crippen molar-refractivity contribution in [2.75, 3.05) is 13.1 Å². The highest BCUT2D eigenvalue weighted by atomic mass is 15.2. The van der Waals surface area contributed by atoms with Crippen molar-refractivity contribution in [1.82, 2.24) is 9.88 Å². The number of nitriles is 1. The van der Waals surface area contributed by atoms with Crippen LogP contribution >= 0.6 is 0 Å². The Bertz CT molecular complexity index is 452. The first-order valence-electron chi connectivity index (χ1n) is 7.06. The topological polar surface area (TPSA) is 65.9 Å². The van der Waals surface area contributed by atoms with Gasteiger partial charge in [0.05, 0.1) is 0 Å². The van der Waals surface area contributed by atoms with Crippen LogP contribution in [-0.2, 0) is 6.54 Å². The summed E-state index contributed by atoms with van der Waals surface area (Å²) in [5, 5.41) is 8.89. The molecule has 4 heteroatoms. The maximum absolute atomic E-state index is 8.89. The molecule has 0 spiro atoms. The summed E-state index contributed by atoms with van der Waals surface area (Å²) < 4.78 is 0. The molecule has 1 saturated heterocycles. The maximum atomic E-state index is 8.89. The van der Waals surface area contributed by atoms with Gasteiger partial charge in [-0.15, -0.1) is 0 Å². The third-order valence-corrected chi connectivity index (χ3v) is 4.12. The average molecular weight is 258 g/mol. The molecule has 0 bridgehead atoms. The number of hydrogen-bond donors (Lipinski definition) is 1. The van der Waals surface area contributed by atoms with Crippen LogP contribution < -0.4 is 5.73 Å². The molecule has 102 valence electrons. The molecule has 19 heavy (non-hydrogen) atoms. The minimum Gasteiger partial charge on any atom is -0.329 e. The van der Waals surface area contributed by atoms with E-state index < -0.39 is 0 Å². The zero-order valence-electron chi connectivity index (χ0n) is 11.5. The molecule has 1 fully saturated rings. The summed E-state index contributed by atoms with van der Waals surface area (Å²) in [7, 11) is 0. The lowest BCUT2D eigenvalue weighted by Gasteiger charge is -2.38. The summed E-state index contributed by atoms with van der Waals surface area (Å²) in [6.07, 6.45) is 5.41. The quantitative estimate of drug-likeness (QED) is 0.895. The van der Waals surface area contributed by atoms with E-state index in [4.69, 9.17) is 11.0 Å². The molecule has 1 aromatic heterocycles. The van der Waals surface area contributed by atoms with E-state index in [0.717, 1.165) is 24.6 Å². The molecule has 2 unspecified atom stereocenters. The van der Waals surface area contributed by atoms with Crippen LogP contribution in [-0.4, -0.2) is 29.0 Å². The first kappa shape index (κ1) is 14.0. The van der Waals surface area contributed by atoms with Gasteiger partial charge in [-0.05, 0) is 43.0 Å². The monoisotopic (exact) mass is 258 g/mol. The Kier molecular flexibility index (Phi) is 4.89. The minimum absolute atomic E-state index is 0.470. The van der Waals surface area contributed by atoms with E-state index in [1.165, 1.54) is 19.3 Å². The minimum atomic E-state index is 0.470. The lowest BCUT2D eigenvalue weighted by atomic mass is 9.88. The van der Waals surface area contributed by atoms with Crippen molar-refractivity contribution in [3.63, 3.8) is 0 Å². The van der Waals surface area contributed by atoms with Gasteiger partial charge in [0.25, 0.3) is 0 Å². The van der Waals surface area contributed by atoms with Gasteiger partial charge in [-0.25, -0.2) is 4.98 Å². The number of rotatable bonds is 4. The zero-order chi connectivity index (χ0) is 13.7. The molecule has 1 aromatic rings. The molecular weight excluding hydrogens is 236 g/mol. The lowest BCUT2D eigenvalue weighted by Crippen LogP contribution is -2.46. The molecule has 1 aliphatic rings. The molecule has 2 rings (SSSR count). The van der Waals surface area contributed by atoms with Crippen molar-refractivity contribution < 1.29 is 0 Å². The summed E-state index contributed by atoms with van der Waals surface area (Å²) in [5.41, 5.74) is 7.56. The highest BCUT2D eigenvalue weighted by molar-refractivity contribution is 5.25. The van der Waals surface area contributed by atoms with Crippen molar-refractivity contribution in [3.05, 3.63) is 29.6 Å². The van der Waals surface area contributed by atoms with E-state index in [1.54, 1.807) is 6.20 Å². The highest BCUT2D eigenvalue weighted by Gasteiger charge is 2.26. The SMILES string of the molecule is CCC1CCN(Cc2ccnc(C#N)c2)C(CN)C1. The molecule has 2 atom stereocenters. The summed E-state index contributed by atoms with van der Waals surface area (Å²) in [6.45, 7) is 4.95. The number of pyridine rings is 1. The largest absolute Gasteiger partial charge is 0.329 e. The molecular formula is C15H22N4. The van der Waals surface area contributed by atoms with E-state index in [-0.39, 0.29) is 0 Å². The number of nitrogens with zero attached hydrogens (tertiary/aromatic N) is 3. The van der Waals surface area contributed by atoms with Crippen LogP contribution in [0.1, 0.15) is 37.4 Å². The van der Waals surface area contributed by atoms with Crippen LogP contribution in [0.3, 0.4) is 0 Å². The van der Waals surface area contributed by atoms with Gasteiger partial charge in [0.15, 0.2) is 0 Å². The normalized spacial score (nSPS) is 24.1. The van der Waals surface area contributed by atoms with Gasteiger partial charge in [0, 0.05) is 25.3 Å². The van der Waals surface area contributed by atoms with Gasteiger partial charge in [-0.2, -0.15) is 5.26 Å². The Balaban J connectivity index is 2.03. The summed E-state index contributed by atoms with van der Waals surface area (Å²) in [6, 6.07) is 6.42. The van der Waals surface area contributed by atoms with E-state index >= 15 is 0 Å². The standard InChI is InChI=1S/C15H22N4/c1-2-12-4-6-19(15(8-12)10-17)11-13-3-5-18-14(7-13)9-16/h3,5,7,12,15H,2,4,6,8,10-11,17H2,1H3. The van der Waals surface area contributed by atoms with E-state index in [1.807, 2.05) is 12.1 Å². The van der Waals surface area contributed by atoms with Crippen LogP contribution in [0, 0.1) is 17.2 Å². The highest BCUT2D eigenvalue weighted by Crippen LogP contribution is 2.26. The van der Waals surface area contributed by atoms with E-state index in [2.05, 4.69) is 22.9 Å². The number of hydrogen-bond acceptors (Lipinski definition) is 4. The molecule has 2 N–H and O–H groups in total. The van der Waals surface area contributed by atoms with Crippen molar-refractivity contribution in [1.29, 1.82) is 5.26 Å².